The summed E-state index contributed by atoms with van der Waals surface area (Å²) in [6.07, 6.45) is 0.230. The average molecular weight is 327 g/mol. The molecule has 7 nitrogen and oxygen atoms in total. The SMILES string of the molecule is O=[N+]([O-])c1cc(S(=O)(=O)N2CCC(O)CC2)sc1Cl. The molecule has 0 atom stereocenters. The van der Waals surface area contributed by atoms with E-state index in [1.165, 1.54) is 4.31 Å². The van der Waals surface area contributed by atoms with Crippen LogP contribution in [0.1, 0.15) is 12.8 Å². The Kier molecular flexibility index (Phi) is 4.11. The Labute approximate surface area is 118 Å². The molecule has 106 valence electrons. The second-order valence-corrected chi connectivity index (χ2v) is 7.94. The minimum atomic E-state index is -3.77. The number of piperidine rings is 1. The number of hydrogen-bond acceptors (Lipinski definition) is 6. The highest BCUT2D eigenvalue weighted by Gasteiger charge is 2.32. The summed E-state index contributed by atoms with van der Waals surface area (Å²) < 4.78 is 25.4. The number of aliphatic hydroxyl groups excluding tert-OH is 1. The molecule has 0 saturated carbocycles. The lowest BCUT2D eigenvalue weighted by Gasteiger charge is -2.28. The van der Waals surface area contributed by atoms with E-state index in [-0.39, 0.29) is 21.6 Å². The number of halogens is 1. The second kappa shape index (κ2) is 5.33. The molecule has 1 aliphatic rings. The predicted molar refractivity (Wildman–Crippen MR) is 70.0 cm³/mol. The van der Waals surface area contributed by atoms with E-state index in [2.05, 4.69) is 0 Å². The molecule has 1 fully saturated rings. The summed E-state index contributed by atoms with van der Waals surface area (Å²) in [6.45, 7) is 0.402. The zero-order chi connectivity index (χ0) is 14.2. The van der Waals surface area contributed by atoms with Crippen molar-refractivity contribution in [3.8, 4) is 0 Å². The zero-order valence-corrected chi connectivity index (χ0v) is 12.0. The van der Waals surface area contributed by atoms with Crippen molar-refractivity contribution < 1.29 is 18.4 Å². The van der Waals surface area contributed by atoms with E-state index in [1.807, 2.05) is 0 Å². The molecule has 19 heavy (non-hydrogen) atoms. The van der Waals surface area contributed by atoms with Gasteiger partial charge in [0.2, 0.25) is 0 Å². The smallest absolute Gasteiger partial charge is 0.300 e. The van der Waals surface area contributed by atoms with Crippen LogP contribution in [0.25, 0.3) is 0 Å². The Balaban J connectivity index is 2.29. The van der Waals surface area contributed by atoms with Gasteiger partial charge in [-0.15, -0.1) is 11.3 Å². The van der Waals surface area contributed by atoms with Crippen molar-refractivity contribution in [1.82, 2.24) is 4.31 Å². The highest BCUT2D eigenvalue weighted by Crippen LogP contribution is 2.37. The fourth-order valence-electron chi connectivity index (χ4n) is 1.80. The summed E-state index contributed by atoms with van der Waals surface area (Å²) in [6, 6.07) is 0.980. The van der Waals surface area contributed by atoms with E-state index >= 15 is 0 Å². The van der Waals surface area contributed by atoms with E-state index in [4.69, 9.17) is 11.6 Å². The molecule has 0 radical (unpaired) electrons. The predicted octanol–water partition coefficient (Wildman–Crippen LogP) is 1.46. The summed E-state index contributed by atoms with van der Waals surface area (Å²) in [5, 5.41) is 20.0. The van der Waals surface area contributed by atoms with Crippen LogP contribution in [-0.4, -0.2) is 41.9 Å². The minimum absolute atomic E-state index is 0.138. The monoisotopic (exact) mass is 326 g/mol. The van der Waals surface area contributed by atoms with Crippen molar-refractivity contribution in [2.24, 2.45) is 0 Å². The maximum Gasteiger partial charge on any atom is 0.300 e. The van der Waals surface area contributed by atoms with Gasteiger partial charge in [0.1, 0.15) is 4.21 Å². The molecule has 2 rings (SSSR count). The quantitative estimate of drug-likeness (QED) is 0.669. The summed E-state index contributed by atoms with van der Waals surface area (Å²) in [4.78, 5) is 9.96. The van der Waals surface area contributed by atoms with Crippen LogP contribution in [0, 0.1) is 10.1 Å². The molecule has 1 aromatic rings. The van der Waals surface area contributed by atoms with Gasteiger partial charge in [0, 0.05) is 19.2 Å². The van der Waals surface area contributed by atoms with Gasteiger partial charge in [-0.2, -0.15) is 4.31 Å². The Bertz CT molecular complexity index is 592. The zero-order valence-electron chi connectivity index (χ0n) is 9.65. The first-order chi connectivity index (χ1) is 8.82. The largest absolute Gasteiger partial charge is 0.393 e. The Hall–Kier alpha value is -0.740. The fraction of sp³-hybridized carbons (Fsp3) is 0.556. The lowest BCUT2D eigenvalue weighted by molar-refractivity contribution is -0.384. The number of thiophene rings is 1. The first kappa shape index (κ1) is 14.7. The third kappa shape index (κ3) is 2.90. The van der Waals surface area contributed by atoms with Crippen LogP contribution < -0.4 is 0 Å². The van der Waals surface area contributed by atoms with Crippen LogP contribution in [0.4, 0.5) is 5.69 Å². The standard InChI is InChI=1S/C9H11ClN2O5S2/c10-9-7(12(14)15)5-8(18-9)19(16,17)11-3-1-6(13)2-4-11/h5-6,13H,1-4H2. The highest BCUT2D eigenvalue weighted by atomic mass is 35.5. The first-order valence-corrected chi connectivity index (χ1v) is 8.08. The maximum absolute atomic E-state index is 12.3. The average Bonchev–Trinajstić information content (AvgIpc) is 2.72. The van der Waals surface area contributed by atoms with Gasteiger partial charge < -0.3 is 5.11 Å². The fourth-order valence-corrected chi connectivity index (χ4v) is 5.09. The molecule has 0 amide bonds. The number of aliphatic hydroxyl groups is 1. The van der Waals surface area contributed by atoms with Crippen molar-refractivity contribution in [2.75, 3.05) is 13.1 Å². The number of nitrogens with zero attached hydrogens (tertiary/aromatic N) is 2. The van der Waals surface area contributed by atoms with Crippen molar-refractivity contribution in [1.29, 1.82) is 0 Å². The normalized spacial score (nSPS) is 18.6. The Morgan fingerprint density at radius 2 is 2.05 bits per heavy atom. The third-order valence-electron chi connectivity index (χ3n) is 2.86. The molecule has 0 aliphatic carbocycles. The number of hydrogen-bond donors (Lipinski definition) is 1. The molecule has 10 heteroatoms. The van der Waals surface area contributed by atoms with E-state index in [9.17, 15) is 23.6 Å². The molecular weight excluding hydrogens is 316 g/mol. The summed E-state index contributed by atoms with van der Waals surface area (Å²) in [7, 11) is -3.77. The van der Waals surface area contributed by atoms with Crippen LogP contribution in [0.5, 0.6) is 0 Å². The number of sulfonamides is 1. The Morgan fingerprint density at radius 1 is 1.47 bits per heavy atom. The molecule has 0 aromatic carbocycles. The maximum atomic E-state index is 12.3. The van der Waals surface area contributed by atoms with Crippen LogP contribution >= 0.6 is 22.9 Å². The summed E-state index contributed by atoms with van der Waals surface area (Å²) in [5.41, 5.74) is -0.401. The van der Waals surface area contributed by atoms with Crippen LogP contribution in [0.15, 0.2) is 10.3 Å². The summed E-state index contributed by atoms with van der Waals surface area (Å²) in [5.74, 6) is 0. The van der Waals surface area contributed by atoms with Crippen LogP contribution in [0.2, 0.25) is 4.34 Å². The lowest BCUT2D eigenvalue weighted by Crippen LogP contribution is -2.39. The van der Waals surface area contributed by atoms with Crippen LogP contribution in [0.3, 0.4) is 0 Å². The molecule has 1 aromatic heterocycles. The van der Waals surface area contributed by atoms with E-state index in [0.717, 1.165) is 6.07 Å². The molecular formula is C9H11ClN2O5S2. The van der Waals surface area contributed by atoms with Crippen LogP contribution in [-0.2, 0) is 10.0 Å². The van der Waals surface area contributed by atoms with Gasteiger partial charge >= 0.3 is 0 Å². The van der Waals surface area contributed by atoms with E-state index in [0.29, 0.717) is 24.2 Å². The topological polar surface area (TPSA) is 101 Å². The van der Waals surface area contributed by atoms with Crippen molar-refractivity contribution in [2.45, 2.75) is 23.2 Å². The van der Waals surface area contributed by atoms with Gasteiger partial charge in [0.15, 0.2) is 4.34 Å². The molecule has 2 heterocycles. The molecule has 1 N–H and O–H groups in total. The molecule has 0 spiro atoms. The van der Waals surface area contributed by atoms with Gasteiger partial charge in [-0.3, -0.25) is 10.1 Å². The Morgan fingerprint density at radius 3 is 2.53 bits per heavy atom. The van der Waals surface area contributed by atoms with Gasteiger partial charge in [0.05, 0.1) is 11.0 Å². The van der Waals surface area contributed by atoms with Gasteiger partial charge in [-0.05, 0) is 12.8 Å². The minimum Gasteiger partial charge on any atom is -0.393 e. The van der Waals surface area contributed by atoms with E-state index < -0.39 is 26.7 Å². The number of rotatable bonds is 3. The van der Waals surface area contributed by atoms with Gasteiger partial charge in [-0.25, -0.2) is 8.42 Å². The lowest BCUT2D eigenvalue weighted by atomic mass is 10.1. The van der Waals surface area contributed by atoms with Crippen molar-refractivity contribution in [3.05, 3.63) is 20.5 Å². The number of nitro groups is 1. The van der Waals surface area contributed by atoms with Gasteiger partial charge in [-0.1, -0.05) is 11.6 Å². The third-order valence-corrected chi connectivity index (χ3v) is 6.55. The molecule has 0 bridgehead atoms. The van der Waals surface area contributed by atoms with E-state index in [1.54, 1.807) is 0 Å². The van der Waals surface area contributed by atoms with Crippen molar-refractivity contribution >= 4 is 38.6 Å². The molecule has 1 aliphatic heterocycles. The molecule has 0 unspecified atom stereocenters. The highest BCUT2D eigenvalue weighted by molar-refractivity contribution is 7.91. The second-order valence-electron chi connectivity index (χ2n) is 4.12. The van der Waals surface area contributed by atoms with Gasteiger partial charge in [0.25, 0.3) is 15.7 Å². The summed E-state index contributed by atoms with van der Waals surface area (Å²) >= 11 is 6.34. The van der Waals surface area contributed by atoms with Crippen molar-refractivity contribution in [3.63, 3.8) is 0 Å². The molecule has 1 saturated heterocycles. The first-order valence-electron chi connectivity index (χ1n) is 5.44.